The Morgan fingerprint density at radius 1 is 1.13 bits per heavy atom. The molecule has 2 rings (SSSR count). The standard InChI is InChI=1S/C9H6Cl3N3/c10-7-8(11)14-6(15-9(7)12)4-5-2-1-3-13-5/h1-3,13H,4H2. The molecule has 0 aromatic carbocycles. The molecule has 0 fully saturated rings. The average Bonchev–Trinajstić information content (AvgIpc) is 2.66. The molecule has 15 heavy (non-hydrogen) atoms. The number of nitrogens with zero attached hydrogens (tertiary/aromatic N) is 2. The minimum Gasteiger partial charge on any atom is -0.365 e. The van der Waals surface area contributed by atoms with Gasteiger partial charge in [0.05, 0.1) is 0 Å². The largest absolute Gasteiger partial charge is 0.365 e. The van der Waals surface area contributed by atoms with Crippen LogP contribution in [0, 0.1) is 0 Å². The molecule has 0 saturated heterocycles. The molecular formula is C9H6Cl3N3. The zero-order chi connectivity index (χ0) is 10.8. The molecule has 0 bridgehead atoms. The van der Waals surface area contributed by atoms with Gasteiger partial charge in [0.15, 0.2) is 10.3 Å². The van der Waals surface area contributed by atoms with Crippen LogP contribution in [0.1, 0.15) is 11.5 Å². The highest BCUT2D eigenvalue weighted by molar-refractivity contribution is 6.46. The third-order valence-electron chi connectivity index (χ3n) is 1.83. The van der Waals surface area contributed by atoms with Gasteiger partial charge in [0, 0.05) is 18.3 Å². The maximum absolute atomic E-state index is 5.78. The fraction of sp³-hybridized carbons (Fsp3) is 0.111. The summed E-state index contributed by atoms with van der Waals surface area (Å²) in [4.78, 5) is 11.1. The fourth-order valence-corrected chi connectivity index (χ4v) is 1.67. The highest BCUT2D eigenvalue weighted by Crippen LogP contribution is 2.26. The highest BCUT2D eigenvalue weighted by atomic mass is 35.5. The molecule has 0 spiro atoms. The number of halogens is 3. The maximum Gasteiger partial charge on any atom is 0.152 e. The first-order valence-electron chi connectivity index (χ1n) is 4.16. The first kappa shape index (κ1) is 10.7. The molecule has 0 aliphatic carbocycles. The van der Waals surface area contributed by atoms with Gasteiger partial charge in [-0.05, 0) is 12.1 Å². The molecule has 0 atom stereocenters. The van der Waals surface area contributed by atoms with Gasteiger partial charge in [0.1, 0.15) is 10.8 Å². The van der Waals surface area contributed by atoms with Crippen LogP contribution in [0.15, 0.2) is 18.3 Å². The first-order chi connectivity index (χ1) is 7.16. The molecule has 78 valence electrons. The van der Waals surface area contributed by atoms with Crippen molar-refractivity contribution in [3.8, 4) is 0 Å². The average molecular weight is 263 g/mol. The summed E-state index contributed by atoms with van der Waals surface area (Å²) in [5, 5.41) is 0.546. The normalized spacial score (nSPS) is 10.6. The smallest absolute Gasteiger partial charge is 0.152 e. The van der Waals surface area contributed by atoms with Crippen LogP contribution in [0.2, 0.25) is 15.3 Å². The highest BCUT2D eigenvalue weighted by Gasteiger charge is 2.09. The van der Waals surface area contributed by atoms with Crippen LogP contribution in [0.3, 0.4) is 0 Å². The van der Waals surface area contributed by atoms with Crippen molar-refractivity contribution < 1.29 is 0 Å². The van der Waals surface area contributed by atoms with E-state index in [9.17, 15) is 0 Å². The molecule has 0 aliphatic heterocycles. The first-order valence-corrected chi connectivity index (χ1v) is 5.30. The van der Waals surface area contributed by atoms with E-state index in [2.05, 4.69) is 15.0 Å². The van der Waals surface area contributed by atoms with E-state index in [1.165, 1.54) is 0 Å². The van der Waals surface area contributed by atoms with E-state index < -0.39 is 0 Å². The Kier molecular flexibility index (Phi) is 3.14. The second-order valence-electron chi connectivity index (χ2n) is 2.91. The molecule has 0 aliphatic rings. The predicted molar refractivity (Wildman–Crippen MR) is 60.7 cm³/mol. The molecule has 2 aromatic heterocycles. The van der Waals surface area contributed by atoms with Crippen molar-refractivity contribution in [2.75, 3.05) is 0 Å². The Morgan fingerprint density at radius 2 is 1.80 bits per heavy atom. The van der Waals surface area contributed by atoms with Gasteiger partial charge in [-0.15, -0.1) is 0 Å². The summed E-state index contributed by atoms with van der Waals surface area (Å²) >= 11 is 17.3. The second-order valence-corrected chi connectivity index (χ2v) is 4.00. The van der Waals surface area contributed by atoms with Crippen LogP contribution in [-0.4, -0.2) is 15.0 Å². The lowest BCUT2D eigenvalue weighted by molar-refractivity contribution is 0.945. The summed E-state index contributed by atoms with van der Waals surface area (Å²) < 4.78 is 0. The molecule has 6 heteroatoms. The molecule has 0 unspecified atom stereocenters. The van der Waals surface area contributed by atoms with E-state index in [1.807, 2.05) is 18.3 Å². The lowest BCUT2D eigenvalue weighted by Crippen LogP contribution is -1.98. The Balaban J connectivity index is 2.30. The Labute approximate surface area is 101 Å². The minimum atomic E-state index is 0.179. The quantitative estimate of drug-likeness (QED) is 0.843. The van der Waals surface area contributed by atoms with Crippen molar-refractivity contribution in [2.24, 2.45) is 0 Å². The lowest BCUT2D eigenvalue weighted by Gasteiger charge is -2.02. The molecule has 2 aromatic rings. The van der Waals surface area contributed by atoms with Crippen LogP contribution in [0.5, 0.6) is 0 Å². The molecule has 0 radical (unpaired) electrons. The van der Waals surface area contributed by atoms with E-state index >= 15 is 0 Å². The SMILES string of the molecule is Clc1nc(Cc2ccc[nH]2)nc(Cl)c1Cl. The molecular weight excluding hydrogens is 256 g/mol. The van der Waals surface area contributed by atoms with E-state index in [0.717, 1.165) is 5.69 Å². The summed E-state index contributed by atoms with van der Waals surface area (Å²) in [6.07, 6.45) is 2.37. The van der Waals surface area contributed by atoms with Gasteiger partial charge in [-0.25, -0.2) is 9.97 Å². The summed E-state index contributed by atoms with van der Waals surface area (Å²) in [6.45, 7) is 0. The van der Waals surface area contributed by atoms with Crippen LogP contribution in [0.25, 0.3) is 0 Å². The van der Waals surface area contributed by atoms with Gasteiger partial charge in [0.25, 0.3) is 0 Å². The van der Waals surface area contributed by atoms with Crippen molar-refractivity contribution in [3.05, 3.63) is 45.2 Å². The number of hydrogen-bond donors (Lipinski definition) is 1. The van der Waals surface area contributed by atoms with Crippen molar-refractivity contribution in [1.29, 1.82) is 0 Å². The number of hydrogen-bond acceptors (Lipinski definition) is 2. The summed E-state index contributed by atoms with van der Waals surface area (Å²) in [7, 11) is 0. The van der Waals surface area contributed by atoms with Gasteiger partial charge in [-0.1, -0.05) is 34.8 Å². The van der Waals surface area contributed by atoms with Gasteiger partial charge in [-0.3, -0.25) is 0 Å². The van der Waals surface area contributed by atoms with Crippen LogP contribution in [-0.2, 0) is 6.42 Å². The van der Waals surface area contributed by atoms with Crippen molar-refractivity contribution in [1.82, 2.24) is 15.0 Å². The van der Waals surface area contributed by atoms with E-state index in [4.69, 9.17) is 34.8 Å². The minimum absolute atomic E-state index is 0.179. The number of rotatable bonds is 2. The van der Waals surface area contributed by atoms with Gasteiger partial charge in [0.2, 0.25) is 0 Å². The van der Waals surface area contributed by atoms with E-state index in [0.29, 0.717) is 12.2 Å². The fourth-order valence-electron chi connectivity index (χ4n) is 1.16. The topological polar surface area (TPSA) is 41.6 Å². The van der Waals surface area contributed by atoms with E-state index in [1.54, 1.807) is 0 Å². The Morgan fingerprint density at radius 3 is 2.33 bits per heavy atom. The number of nitrogens with one attached hydrogen (secondary N) is 1. The maximum atomic E-state index is 5.78. The second kappa shape index (κ2) is 4.39. The van der Waals surface area contributed by atoms with Gasteiger partial charge >= 0.3 is 0 Å². The summed E-state index contributed by atoms with van der Waals surface area (Å²) in [5.74, 6) is 0.539. The summed E-state index contributed by atoms with van der Waals surface area (Å²) in [6, 6.07) is 3.83. The number of aromatic nitrogens is 3. The molecule has 0 saturated carbocycles. The van der Waals surface area contributed by atoms with Gasteiger partial charge in [-0.2, -0.15) is 0 Å². The molecule has 2 heterocycles. The third-order valence-corrected chi connectivity index (χ3v) is 2.93. The van der Waals surface area contributed by atoms with Crippen molar-refractivity contribution in [2.45, 2.75) is 6.42 Å². The molecule has 1 N–H and O–H groups in total. The van der Waals surface area contributed by atoms with Crippen LogP contribution >= 0.6 is 34.8 Å². The van der Waals surface area contributed by atoms with Crippen molar-refractivity contribution >= 4 is 34.8 Å². The van der Waals surface area contributed by atoms with Crippen LogP contribution in [0.4, 0.5) is 0 Å². The lowest BCUT2D eigenvalue weighted by atomic mass is 10.3. The zero-order valence-corrected chi connectivity index (χ0v) is 9.74. The van der Waals surface area contributed by atoms with Crippen LogP contribution < -0.4 is 0 Å². The van der Waals surface area contributed by atoms with Crippen molar-refractivity contribution in [3.63, 3.8) is 0 Å². The third kappa shape index (κ3) is 2.43. The van der Waals surface area contributed by atoms with E-state index in [-0.39, 0.29) is 15.3 Å². The number of H-pyrrole nitrogens is 1. The zero-order valence-electron chi connectivity index (χ0n) is 7.47. The number of aromatic amines is 1. The monoisotopic (exact) mass is 261 g/mol. The summed E-state index contributed by atoms with van der Waals surface area (Å²) in [5.41, 5.74) is 0.990. The Hall–Kier alpha value is -0.770. The molecule has 0 amide bonds. The molecule has 3 nitrogen and oxygen atoms in total. The Bertz CT molecular complexity index is 444. The van der Waals surface area contributed by atoms with Gasteiger partial charge < -0.3 is 4.98 Å². The predicted octanol–water partition coefficient (Wildman–Crippen LogP) is 3.36.